The third-order valence-corrected chi connectivity index (χ3v) is 3.25. The lowest BCUT2D eigenvalue weighted by Crippen LogP contribution is -2.30. The van der Waals surface area contributed by atoms with Crippen molar-refractivity contribution in [3.8, 4) is 5.88 Å². The largest absolute Gasteiger partial charge is 0.477 e. The summed E-state index contributed by atoms with van der Waals surface area (Å²) in [7, 11) is 0. The number of nitrogens with one attached hydrogen (secondary N) is 1. The molecule has 0 unspecified atom stereocenters. The number of nitrogens with zero attached hydrogens (tertiary/aromatic N) is 2. The summed E-state index contributed by atoms with van der Waals surface area (Å²) in [6, 6.07) is 8.47. The van der Waals surface area contributed by atoms with Crippen LogP contribution >= 0.6 is 0 Å². The summed E-state index contributed by atoms with van der Waals surface area (Å²) in [5.74, 6) is -1.27. The lowest BCUT2D eigenvalue weighted by molar-refractivity contribution is -0.384. The first-order valence-electron chi connectivity index (χ1n) is 7.76. The fourth-order valence-electron chi connectivity index (χ4n) is 2.02. The van der Waals surface area contributed by atoms with Gasteiger partial charge in [-0.15, -0.1) is 0 Å². The minimum absolute atomic E-state index is 0.101. The number of ether oxygens (including phenoxy) is 2. The van der Waals surface area contributed by atoms with Crippen molar-refractivity contribution in [1.29, 1.82) is 0 Å². The molecule has 9 heteroatoms. The van der Waals surface area contributed by atoms with Crippen molar-refractivity contribution < 1.29 is 24.0 Å². The highest BCUT2D eigenvalue weighted by Crippen LogP contribution is 2.19. The minimum atomic E-state index is -1.13. The summed E-state index contributed by atoms with van der Waals surface area (Å²) >= 11 is 0. The zero-order valence-corrected chi connectivity index (χ0v) is 14.2. The summed E-state index contributed by atoms with van der Waals surface area (Å²) in [4.78, 5) is 38.5. The molecule has 2 rings (SSSR count). The predicted octanol–water partition coefficient (Wildman–Crippen LogP) is 2.57. The Labute approximate surface area is 149 Å². The van der Waals surface area contributed by atoms with Gasteiger partial charge in [0.2, 0.25) is 5.88 Å². The summed E-state index contributed by atoms with van der Waals surface area (Å²) < 4.78 is 10.4. The number of carbonyl (C=O) groups is 2. The van der Waals surface area contributed by atoms with Crippen LogP contribution in [0.1, 0.15) is 24.2 Å². The number of esters is 1. The van der Waals surface area contributed by atoms with Gasteiger partial charge in [-0.2, -0.15) is 0 Å². The molecule has 26 heavy (non-hydrogen) atoms. The van der Waals surface area contributed by atoms with Gasteiger partial charge in [-0.25, -0.2) is 9.78 Å². The van der Waals surface area contributed by atoms with Gasteiger partial charge in [-0.1, -0.05) is 6.07 Å². The average molecular weight is 359 g/mol. The molecular formula is C17H17N3O6. The summed E-state index contributed by atoms with van der Waals surface area (Å²) in [6.45, 7) is 3.46. The number of non-ortho nitro benzene ring substituents is 1. The van der Waals surface area contributed by atoms with Crippen molar-refractivity contribution in [2.45, 2.75) is 20.0 Å². The van der Waals surface area contributed by atoms with Crippen molar-refractivity contribution in [2.75, 3.05) is 11.9 Å². The van der Waals surface area contributed by atoms with Gasteiger partial charge in [0.1, 0.15) is 5.56 Å². The molecule has 1 aromatic heterocycles. The fourth-order valence-corrected chi connectivity index (χ4v) is 2.02. The van der Waals surface area contributed by atoms with E-state index in [1.165, 1.54) is 43.5 Å². The Bertz CT molecular complexity index is 824. The van der Waals surface area contributed by atoms with E-state index in [4.69, 9.17) is 9.47 Å². The maximum Gasteiger partial charge on any atom is 0.344 e. The number of hydrogen-bond donors (Lipinski definition) is 1. The number of nitro groups is 1. The van der Waals surface area contributed by atoms with E-state index in [1.54, 1.807) is 13.0 Å². The predicted molar refractivity (Wildman–Crippen MR) is 92.0 cm³/mol. The van der Waals surface area contributed by atoms with Gasteiger partial charge in [0.05, 0.1) is 11.5 Å². The van der Waals surface area contributed by atoms with Crippen molar-refractivity contribution in [3.05, 3.63) is 58.3 Å². The third-order valence-electron chi connectivity index (χ3n) is 3.25. The Morgan fingerprint density at radius 3 is 2.77 bits per heavy atom. The van der Waals surface area contributed by atoms with Crippen LogP contribution in [0.5, 0.6) is 5.88 Å². The topological polar surface area (TPSA) is 121 Å². The van der Waals surface area contributed by atoms with E-state index in [9.17, 15) is 19.7 Å². The molecule has 136 valence electrons. The number of amides is 1. The highest BCUT2D eigenvalue weighted by Gasteiger charge is 2.22. The normalized spacial score (nSPS) is 11.3. The molecule has 1 heterocycles. The first-order chi connectivity index (χ1) is 12.4. The number of nitro benzene ring substituents is 1. The van der Waals surface area contributed by atoms with E-state index in [1.807, 2.05) is 0 Å². The molecule has 2 aromatic rings. The molecule has 9 nitrogen and oxygen atoms in total. The third kappa shape index (κ3) is 4.76. The Morgan fingerprint density at radius 2 is 2.08 bits per heavy atom. The Morgan fingerprint density at radius 1 is 1.31 bits per heavy atom. The van der Waals surface area contributed by atoms with Gasteiger partial charge in [-0.3, -0.25) is 14.9 Å². The molecule has 1 amide bonds. The SMILES string of the molecule is CCOc1ncccc1C(=O)O[C@H](C)C(=O)Nc1cccc([N+](=O)[O-])c1. The van der Waals surface area contributed by atoms with E-state index < -0.39 is 22.9 Å². The van der Waals surface area contributed by atoms with Crippen LogP contribution < -0.4 is 10.1 Å². The van der Waals surface area contributed by atoms with Crippen molar-refractivity contribution in [2.24, 2.45) is 0 Å². The fraction of sp³-hybridized carbons (Fsp3) is 0.235. The van der Waals surface area contributed by atoms with E-state index in [0.29, 0.717) is 6.61 Å². The first kappa shape index (κ1) is 18.8. The number of hydrogen-bond acceptors (Lipinski definition) is 7. The summed E-state index contributed by atoms with van der Waals surface area (Å²) in [5, 5.41) is 13.2. The molecular weight excluding hydrogens is 342 g/mol. The van der Waals surface area contributed by atoms with Gasteiger partial charge in [0.15, 0.2) is 6.10 Å². The molecule has 0 bridgehead atoms. The standard InChI is InChI=1S/C17H17N3O6/c1-3-25-16-14(8-5-9-18-16)17(22)26-11(2)15(21)19-12-6-4-7-13(10-12)20(23)24/h4-11H,3H2,1-2H3,(H,19,21)/t11-/m1/s1. The maximum atomic E-state index is 12.2. The van der Waals surface area contributed by atoms with E-state index in [2.05, 4.69) is 10.3 Å². The highest BCUT2D eigenvalue weighted by atomic mass is 16.6. The molecule has 1 N–H and O–H groups in total. The van der Waals surface area contributed by atoms with Crippen LogP contribution in [-0.2, 0) is 9.53 Å². The van der Waals surface area contributed by atoms with Crippen LogP contribution in [0.15, 0.2) is 42.6 Å². The number of aromatic nitrogens is 1. The molecule has 0 aliphatic carbocycles. The second-order valence-corrected chi connectivity index (χ2v) is 5.13. The van der Waals surface area contributed by atoms with Crippen LogP contribution in [0, 0.1) is 10.1 Å². The molecule has 1 atom stereocenters. The Hall–Kier alpha value is -3.49. The smallest absolute Gasteiger partial charge is 0.344 e. The van der Waals surface area contributed by atoms with Crippen molar-refractivity contribution in [1.82, 2.24) is 4.98 Å². The zero-order chi connectivity index (χ0) is 19.1. The molecule has 0 spiro atoms. The van der Waals surface area contributed by atoms with Crippen molar-refractivity contribution >= 4 is 23.3 Å². The van der Waals surface area contributed by atoms with E-state index in [0.717, 1.165) is 0 Å². The van der Waals surface area contributed by atoms with Gasteiger partial charge in [-0.05, 0) is 32.0 Å². The molecule has 0 saturated carbocycles. The Balaban J connectivity index is 2.04. The molecule has 1 aromatic carbocycles. The number of carbonyl (C=O) groups excluding carboxylic acids is 2. The van der Waals surface area contributed by atoms with Crippen LogP contribution in [0.2, 0.25) is 0 Å². The lowest BCUT2D eigenvalue weighted by atomic mass is 10.2. The minimum Gasteiger partial charge on any atom is -0.477 e. The number of rotatable bonds is 7. The molecule has 0 aliphatic heterocycles. The average Bonchev–Trinajstić information content (AvgIpc) is 2.62. The Kier molecular flexibility index (Phi) is 6.20. The van der Waals surface area contributed by atoms with E-state index >= 15 is 0 Å². The maximum absolute atomic E-state index is 12.2. The monoisotopic (exact) mass is 359 g/mol. The van der Waals surface area contributed by atoms with E-state index in [-0.39, 0.29) is 22.8 Å². The second kappa shape index (κ2) is 8.56. The van der Waals surface area contributed by atoms with Gasteiger partial charge in [0, 0.05) is 24.0 Å². The van der Waals surface area contributed by atoms with Gasteiger partial charge >= 0.3 is 5.97 Å². The van der Waals surface area contributed by atoms with Gasteiger partial charge in [0.25, 0.3) is 11.6 Å². The molecule has 0 aliphatic rings. The van der Waals surface area contributed by atoms with Crippen LogP contribution in [0.4, 0.5) is 11.4 Å². The quantitative estimate of drug-likeness (QED) is 0.458. The molecule has 0 saturated heterocycles. The number of pyridine rings is 1. The highest BCUT2D eigenvalue weighted by molar-refractivity contribution is 5.98. The second-order valence-electron chi connectivity index (χ2n) is 5.13. The number of anilines is 1. The zero-order valence-electron chi connectivity index (χ0n) is 14.2. The van der Waals surface area contributed by atoms with Gasteiger partial charge < -0.3 is 14.8 Å². The lowest BCUT2D eigenvalue weighted by Gasteiger charge is -2.14. The van der Waals surface area contributed by atoms with Crippen LogP contribution in [0.25, 0.3) is 0 Å². The summed E-state index contributed by atoms with van der Waals surface area (Å²) in [6.07, 6.45) is 0.344. The van der Waals surface area contributed by atoms with Crippen molar-refractivity contribution in [3.63, 3.8) is 0 Å². The summed E-state index contributed by atoms with van der Waals surface area (Å²) in [5.41, 5.74) is 0.164. The number of benzene rings is 1. The van der Waals surface area contributed by atoms with Crippen LogP contribution in [0.3, 0.4) is 0 Å². The molecule has 0 fully saturated rings. The molecule has 0 radical (unpaired) electrons. The van der Waals surface area contributed by atoms with Crippen LogP contribution in [-0.4, -0.2) is 34.5 Å². The first-order valence-corrected chi connectivity index (χ1v) is 7.76.